The molecule has 0 spiro atoms. The molecule has 2 aliphatic rings. The Labute approximate surface area is 375 Å². The molecule has 0 aliphatic carbocycles. The van der Waals surface area contributed by atoms with Gasteiger partial charge in [0.25, 0.3) is 0 Å². The fourth-order valence-corrected chi connectivity index (χ4v) is 10.1. The Balaban J connectivity index is 0.929. The molecular weight excluding hydrogens is 797 g/mol. The highest BCUT2D eigenvalue weighted by Gasteiger charge is 2.26. The summed E-state index contributed by atoms with van der Waals surface area (Å²) in [5.74, 6) is 3.40. The summed E-state index contributed by atoms with van der Waals surface area (Å²) in [5.41, 5.74) is 13.1. The molecule has 2 heterocycles. The largest absolute Gasteiger partial charge is 0.490 e. The molecule has 64 heavy (non-hydrogen) atoms. The van der Waals surface area contributed by atoms with E-state index < -0.39 is 6.10 Å². The van der Waals surface area contributed by atoms with Crippen molar-refractivity contribution in [2.75, 3.05) is 39.6 Å². The van der Waals surface area contributed by atoms with Gasteiger partial charge in [0.2, 0.25) is 0 Å². The molecule has 2 unspecified atom stereocenters. The fraction of sp³-hybridized carbons (Fsp3) is 0.298. The molecule has 326 valence electrons. The van der Waals surface area contributed by atoms with Gasteiger partial charge in [0.1, 0.15) is 67.7 Å². The van der Waals surface area contributed by atoms with Gasteiger partial charge < -0.3 is 33.5 Å². The number of hydrogen-bond donors (Lipinski definition) is 1. The van der Waals surface area contributed by atoms with Crippen molar-refractivity contribution < 1.29 is 33.5 Å². The standard InChI is InChI=1S/C57H56O7/c1-31-21-39-13-9-17-46(48-19-11-15-41-23-33(3)56(37(7)52(41)48)63-29-44-27-59-44)50(39)35(5)54(31)61-25-43(58)26-62-55-32(2)22-40-14-10-18-47(51(40)36(55)6)49-20-12-16-42-24-34(4)57(38(8)53(42)49)64-30-45-28-60-45/h9-24,43-45,58H,25-30H2,1-8H3. The fourth-order valence-electron chi connectivity index (χ4n) is 10.1. The Morgan fingerprint density at radius 1 is 0.438 bits per heavy atom. The zero-order chi connectivity index (χ0) is 44.4. The third-order valence-corrected chi connectivity index (χ3v) is 13.2. The van der Waals surface area contributed by atoms with Gasteiger partial charge >= 0.3 is 0 Å². The molecule has 10 rings (SSSR count). The molecule has 1 N–H and O–H groups in total. The number of epoxide rings is 2. The van der Waals surface area contributed by atoms with Crippen molar-refractivity contribution >= 4 is 43.1 Å². The monoisotopic (exact) mass is 852 g/mol. The molecular formula is C57H56O7. The quantitative estimate of drug-likeness (QED) is 0.109. The molecule has 7 heteroatoms. The van der Waals surface area contributed by atoms with Crippen LogP contribution in [0.15, 0.2) is 97.1 Å². The minimum Gasteiger partial charge on any atom is -0.490 e. The predicted molar refractivity (Wildman–Crippen MR) is 259 cm³/mol. The van der Waals surface area contributed by atoms with E-state index in [0.717, 1.165) is 125 Å². The number of rotatable bonds is 14. The number of ether oxygens (including phenoxy) is 6. The SMILES string of the molecule is Cc1cc2cccc(-c3cccc4cc(C)c(OCC5CO5)c(C)c34)c2c(C)c1OCC(O)COc1c(C)cc2cccc(-c3cccc4cc(C)c(OCC5CO5)c(C)c34)c2c1C. The molecule has 2 fully saturated rings. The zero-order valence-corrected chi connectivity index (χ0v) is 38.1. The van der Waals surface area contributed by atoms with E-state index in [4.69, 9.17) is 28.4 Å². The maximum atomic E-state index is 11.5. The molecule has 2 atom stereocenters. The predicted octanol–water partition coefficient (Wildman–Crippen LogP) is 12.5. The minimum absolute atomic E-state index is 0.0797. The zero-order valence-electron chi connectivity index (χ0n) is 38.1. The van der Waals surface area contributed by atoms with Gasteiger partial charge in [-0.2, -0.15) is 0 Å². The maximum Gasteiger partial charge on any atom is 0.125 e. The van der Waals surface area contributed by atoms with E-state index in [0.29, 0.717) is 13.2 Å². The normalized spacial score (nSPS) is 16.1. The summed E-state index contributed by atoms with van der Waals surface area (Å²) in [5, 5.41) is 20.7. The molecule has 0 amide bonds. The van der Waals surface area contributed by atoms with E-state index in [-0.39, 0.29) is 25.4 Å². The summed E-state index contributed by atoms with van der Waals surface area (Å²) in [6.45, 7) is 19.7. The number of hydrogen-bond acceptors (Lipinski definition) is 7. The summed E-state index contributed by atoms with van der Waals surface area (Å²) < 4.78 is 36.7. The van der Waals surface area contributed by atoms with Crippen LogP contribution in [0.4, 0.5) is 0 Å². The molecule has 2 aliphatic heterocycles. The van der Waals surface area contributed by atoms with Gasteiger partial charge in [0.15, 0.2) is 0 Å². The van der Waals surface area contributed by atoms with E-state index >= 15 is 0 Å². The minimum atomic E-state index is -0.874. The summed E-state index contributed by atoms with van der Waals surface area (Å²) in [6, 6.07) is 34.8. The van der Waals surface area contributed by atoms with Crippen molar-refractivity contribution in [3.05, 3.63) is 142 Å². The van der Waals surface area contributed by atoms with Crippen LogP contribution in [0, 0.1) is 55.4 Å². The van der Waals surface area contributed by atoms with Gasteiger partial charge in [-0.15, -0.1) is 0 Å². The Bertz CT molecular complexity index is 2930. The smallest absolute Gasteiger partial charge is 0.125 e. The van der Waals surface area contributed by atoms with Crippen molar-refractivity contribution in [3.8, 4) is 45.3 Å². The van der Waals surface area contributed by atoms with Gasteiger partial charge in [-0.25, -0.2) is 0 Å². The van der Waals surface area contributed by atoms with Gasteiger partial charge in [0, 0.05) is 0 Å². The lowest BCUT2D eigenvalue weighted by atomic mass is 9.88. The van der Waals surface area contributed by atoms with Crippen LogP contribution in [-0.2, 0) is 9.47 Å². The highest BCUT2D eigenvalue weighted by atomic mass is 16.6. The van der Waals surface area contributed by atoms with Crippen molar-refractivity contribution in [2.24, 2.45) is 0 Å². The van der Waals surface area contributed by atoms with Crippen LogP contribution in [0.2, 0.25) is 0 Å². The van der Waals surface area contributed by atoms with Crippen LogP contribution in [0.3, 0.4) is 0 Å². The second kappa shape index (κ2) is 16.8. The number of fused-ring (bicyclic) bond motifs is 4. The number of aliphatic hydroxyl groups excluding tert-OH is 1. The van der Waals surface area contributed by atoms with Crippen LogP contribution in [0.5, 0.6) is 23.0 Å². The number of benzene rings is 8. The molecule has 0 aromatic heterocycles. The van der Waals surface area contributed by atoms with E-state index in [1.165, 1.54) is 21.5 Å². The average Bonchev–Trinajstić information content (AvgIpc) is 4.22. The molecule has 0 bridgehead atoms. The second-order valence-corrected chi connectivity index (χ2v) is 18.0. The van der Waals surface area contributed by atoms with Gasteiger partial charge in [-0.3, -0.25) is 0 Å². The highest BCUT2D eigenvalue weighted by molar-refractivity contribution is 6.10. The van der Waals surface area contributed by atoms with E-state index in [1.54, 1.807) is 0 Å². The lowest BCUT2D eigenvalue weighted by Gasteiger charge is -2.22. The maximum absolute atomic E-state index is 11.5. The highest BCUT2D eigenvalue weighted by Crippen LogP contribution is 2.45. The summed E-state index contributed by atoms with van der Waals surface area (Å²) in [7, 11) is 0. The molecule has 7 nitrogen and oxygen atoms in total. The van der Waals surface area contributed by atoms with Crippen LogP contribution in [0.25, 0.3) is 65.3 Å². The molecule has 0 radical (unpaired) electrons. The van der Waals surface area contributed by atoms with Gasteiger partial charge in [-0.1, -0.05) is 72.8 Å². The van der Waals surface area contributed by atoms with Crippen LogP contribution in [0.1, 0.15) is 44.5 Å². The van der Waals surface area contributed by atoms with Crippen LogP contribution < -0.4 is 18.9 Å². The third-order valence-electron chi connectivity index (χ3n) is 13.2. The summed E-state index contributed by atoms with van der Waals surface area (Å²) in [4.78, 5) is 0. The molecule has 8 aromatic carbocycles. The Morgan fingerprint density at radius 2 is 0.703 bits per heavy atom. The Kier molecular flexibility index (Phi) is 11.0. The van der Waals surface area contributed by atoms with Crippen molar-refractivity contribution in [2.45, 2.75) is 73.7 Å². The lowest BCUT2D eigenvalue weighted by molar-refractivity contribution is 0.0618. The van der Waals surface area contributed by atoms with Gasteiger partial charge in [-0.05, 0) is 190 Å². The Hall–Kier alpha value is -6.12. The first-order chi connectivity index (χ1) is 31.0. The second-order valence-electron chi connectivity index (χ2n) is 18.0. The topological polar surface area (TPSA) is 82.2 Å². The number of aliphatic hydroxyl groups is 1. The third kappa shape index (κ3) is 7.70. The number of aryl methyl sites for hydroxylation is 8. The molecule has 2 saturated heterocycles. The van der Waals surface area contributed by atoms with E-state index in [2.05, 4.69) is 152 Å². The first-order valence-corrected chi connectivity index (χ1v) is 22.5. The lowest BCUT2D eigenvalue weighted by Crippen LogP contribution is -2.25. The first kappa shape index (κ1) is 41.9. The van der Waals surface area contributed by atoms with Crippen molar-refractivity contribution in [3.63, 3.8) is 0 Å². The average molecular weight is 853 g/mol. The van der Waals surface area contributed by atoms with Gasteiger partial charge in [0.05, 0.1) is 13.2 Å². The molecule has 0 saturated carbocycles. The Morgan fingerprint density at radius 3 is 0.969 bits per heavy atom. The van der Waals surface area contributed by atoms with Crippen LogP contribution in [-0.4, -0.2) is 63.1 Å². The van der Waals surface area contributed by atoms with Crippen LogP contribution >= 0.6 is 0 Å². The van der Waals surface area contributed by atoms with Crippen molar-refractivity contribution in [1.29, 1.82) is 0 Å². The first-order valence-electron chi connectivity index (χ1n) is 22.5. The summed E-state index contributed by atoms with van der Waals surface area (Å²) in [6.07, 6.45) is -0.520. The van der Waals surface area contributed by atoms with E-state index in [9.17, 15) is 5.11 Å². The van der Waals surface area contributed by atoms with Crippen molar-refractivity contribution in [1.82, 2.24) is 0 Å². The van der Waals surface area contributed by atoms with E-state index in [1.807, 2.05) is 0 Å². The summed E-state index contributed by atoms with van der Waals surface area (Å²) >= 11 is 0. The molecule has 8 aromatic rings.